The molecule has 1 atom stereocenters. The highest BCUT2D eigenvalue weighted by Crippen LogP contribution is 2.30. The van der Waals surface area contributed by atoms with Crippen LogP contribution in [0.25, 0.3) is 0 Å². The summed E-state index contributed by atoms with van der Waals surface area (Å²) in [6.45, 7) is 0.770. The molecule has 0 radical (unpaired) electrons. The fourth-order valence-corrected chi connectivity index (χ4v) is 3.02. The van der Waals surface area contributed by atoms with Gasteiger partial charge in [0.2, 0.25) is 0 Å². The SMILES string of the molecule is CNC1CCCc2cn(Cc3ncc(Cl)n3C)cc21. The van der Waals surface area contributed by atoms with Crippen molar-refractivity contribution in [3.05, 3.63) is 40.7 Å². The van der Waals surface area contributed by atoms with Crippen molar-refractivity contribution >= 4 is 11.6 Å². The Kier molecular flexibility index (Phi) is 3.37. The molecule has 0 aliphatic heterocycles. The maximum absolute atomic E-state index is 6.02. The zero-order valence-corrected chi connectivity index (χ0v) is 12.1. The average Bonchev–Trinajstić information content (AvgIpc) is 2.96. The lowest BCUT2D eigenvalue weighted by atomic mass is 9.91. The molecule has 5 heteroatoms. The smallest absolute Gasteiger partial charge is 0.129 e. The average molecular weight is 279 g/mol. The summed E-state index contributed by atoms with van der Waals surface area (Å²) in [6.07, 6.45) is 9.87. The largest absolute Gasteiger partial charge is 0.346 e. The summed E-state index contributed by atoms with van der Waals surface area (Å²) in [4.78, 5) is 4.35. The maximum atomic E-state index is 6.02. The first kappa shape index (κ1) is 12.8. The van der Waals surface area contributed by atoms with E-state index in [1.165, 1.54) is 30.4 Å². The predicted molar refractivity (Wildman–Crippen MR) is 76.5 cm³/mol. The number of nitrogens with one attached hydrogen (secondary N) is 1. The normalized spacial score (nSPS) is 18.6. The van der Waals surface area contributed by atoms with Gasteiger partial charge < -0.3 is 14.5 Å². The molecule has 0 bridgehead atoms. The minimum absolute atomic E-state index is 0.495. The Hall–Kier alpha value is -1.26. The van der Waals surface area contributed by atoms with Crippen molar-refractivity contribution < 1.29 is 0 Å². The number of aromatic nitrogens is 3. The van der Waals surface area contributed by atoms with E-state index in [1.54, 1.807) is 6.20 Å². The van der Waals surface area contributed by atoms with Gasteiger partial charge in [-0.05, 0) is 37.4 Å². The van der Waals surface area contributed by atoms with Crippen molar-refractivity contribution in [1.29, 1.82) is 0 Å². The molecule has 0 saturated carbocycles. The third kappa shape index (κ3) is 2.30. The van der Waals surface area contributed by atoms with Crippen molar-refractivity contribution in [3.8, 4) is 0 Å². The van der Waals surface area contributed by atoms with Crippen molar-refractivity contribution in [1.82, 2.24) is 19.4 Å². The van der Waals surface area contributed by atoms with Gasteiger partial charge >= 0.3 is 0 Å². The Bertz CT molecular complexity index is 584. The van der Waals surface area contributed by atoms with Crippen LogP contribution in [0.5, 0.6) is 0 Å². The first-order valence-electron chi connectivity index (χ1n) is 6.71. The van der Waals surface area contributed by atoms with Gasteiger partial charge in [-0.3, -0.25) is 0 Å². The van der Waals surface area contributed by atoms with Crippen LogP contribution in [0.2, 0.25) is 5.15 Å². The van der Waals surface area contributed by atoms with Crippen molar-refractivity contribution in [2.45, 2.75) is 31.8 Å². The Balaban J connectivity index is 1.87. The van der Waals surface area contributed by atoms with Crippen LogP contribution in [0, 0.1) is 0 Å². The highest BCUT2D eigenvalue weighted by atomic mass is 35.5. The van der Waals surface area contributed by atoms with Gasteiger partial charge in [0.15, 0.2) is 0 Å². The van der Waals surface area contributed by atoms with Crippen LogP contribution >= 0.6 is 11.6 Å². The molecule has 1 unspecified atom stereocenters. The quantitative estimate of drug-likeness (QED) is 0.936. The van der Waals surface area contributed by atoms with Gasteiger partial charge in [0.1, 0.15) is 11.0 Å². The van der Waals surface area contributed by atoms with E-state index >= 15 is 0 Å². The number of imidazole rings is 1. The van der Waals surface area contributed by atoms with Crippen LogP contribution in [0.1, 0.15) is 35.8 Å². The standard InChI is InChI=1S/C14H19ClN4/c1-16-12-5-3-4-10-7-19(8-11(10)12)9-14-17-6-13(15)18(14)2/h6-8,12,16H,3-5,9H2,1-2H3. The first-order valence-corrected chi connectivity index (χ1v) is 7.08. The molecule has 1 N–H and O–H groups in total. The molecule has 19 heavy (non-hydrogen) atoms. The van der Waals surface area contributed by atoms with Gasteiger partial charge in [-0.15, -0.1) is 0 Å². The molecule has 0 saturated heterocycles. The highest BCUT2D eigenvalue weighted by molar-refractivity contribution is 6.29. The number of rotatable bonds is 3. The summed E-state index contributed by atoms with van der Waals surface area (Å²) in [5, 5.41) is 4.08. The Morgan fingerprint density at radius 3 is 3.00 bits per heavy atom. The second-order valence-corrected chi connectivity index (χ2v) is 5.59. The van der Waals surface area contributed by atoms with Crippen molar-refractivity contribution in [2.75, 3.05) is 7.05 Å². The number of hydrogen-bond acceptors (Lipinski definition) is 2. The minimum Gasteiger partial charge on any atom is -0.346 e. The van der Waals surface area contributed by atoms with Crippen LogP contribution in [-0.2, 0) is 20.0 Å². The summed E-state index contributed by atoms with van der Waals surface area (Å²) < 4.78 is 4.15. The van der Waals surface area contributed by atoms with E-state index in [0.717, 1.165) is 12.4 Å². The highest BCUT2D eigenvalue weighted by Gasteiger charge is 2.20. The number of nitrogens with zero attached hydrogens (tertiary/aromatic N) is 3. The zero-order valence-electron chi connectivity index (χ0n) is 11.4. The van der Waals surface area contributed by atoms with Crippen LogP contribution in [0.3, 0.4) is 0 Å². The van der Waals surface area contributed by atoms with Crippen LogP contribution < -0.4 is 5.32 Å². The molecule has 1 aliphatic carbocycles. The second-order valence-electron chi connectivity index (χ2n) is 5.20. The van der Waals surface area contributed by atoms with E-state index < -0.39 is 0 Å². The lowest BCUT2D eigenvalue weighted by Gasteiger charge is -2.21. The second kappa shape index (κ2) is 5.02. The number of hydrogen-bond donors (Lipinski definition) is 1. The molecule has 4 nitrogen and oxygen atoms in total. The van der Waals surface area contributed by atoms with Crippen LogP contribution in [-0.4, -0.2) is 21.2 Å². The van der Waals surface area contributed by atoms with Crippen molar-refractivity contribution in [2.24, 2.45) is 7.05 Å². The molecule has 3 rings (SSSR count). The lowest BCUT2D eigenvalue weighted by Crippen LogP contribution is -2.20. The fraction of sp³-hybridized carbons (Fsp3) is 0.500. The predicted octanol–water partition coefficient (Wildman–Crippen LogP) is 2.52. The van der Waals surface area contributed by atoms with Crippen LogP contribution in [0.4, 0.5) is 0 Å². The van der Waals surface area contributed by atoms with Crippen LogP contribution in [0.15, 0.2) is 18.6 Å². The van der Waals surface area contributed by atoms with Gasteiger partial charge in [0.25, 0.3) is 0 Å². The minimum atomic E-state index is 0.495. The summed E-state index contributed by atoms with van der Waals surface area (Å²) in [6, 6.07) is 0.495. The third-order valence-electron chi connectivity index (χ3n) is 4.01. The molecular weight excluding hydrogens is 260 g/mol. The molecule has 0 fully saturated rings. The van der Waals surface area contributed by atoms with E-state index in [0.29, 0.717) is 11.2 Å². The number of aryl methyl sites for hydroxylation is 1. The van der Waals surface area contributed by atoms with E-state index in [-0.39, 0.29) is 0 Å². The maximum Gasteiger partial charge on any atom is 0.129 e. The Morgan fingerprint density at radius 2 is 2.32 bits per heavy atom. The fourth-order valence-electron chi connectivity index (χ4n) is 2.87. The van der Waals surface area contributed by atoms with E-state index in [4.69, 9.17) is 11.6 Å². The topological polar surface area (TPSA) is 34.8 Å². The van der Waals surface area contributed by atoms with Gasteiger partial charge in [0.05, 0.1) is 12.7 Å². The number of halogens is 1. The Morgan fingerprint density at radius 1 is 1.47 bits per heavy atom. The summed E-state index contributed by atoms with van der Waals surface area (Å²) in [5.41, 5.74) is 2.90. The van der Waals surface area contributed by atoms with E-state index in [2.05, 4.69) is 27.3 Å². The summed E-state index contributed by atoms with van der Waals surface area (Å²) >= 11 is 6.02. The molecule has 2 heterocycles. The molecule has 1 aliphatic rings. The van der Waals surface area contributed by atoms with E-state index in [9.17, 15) is 0 Å². The summed E-state index contributed by atoms with van der Waals surface area (Å²) in [7, 11) is 3.99. The monoisotopic (exact) mass is 278 g/mol. The first-order chi connectivity index (χ1) is 9.19. The molecule has 2 aromatic rings. The van der Waals surface area contributed by atoms with Crippen molar-refractivity contribution in [3.63, 3.8) is 0 Å². The molecule has 0 aromatic carbocycles. The zero-order chi connectivity index (χ0) is 13.4. The van der Waals surface area contributed by atoms with E-state index in [1.807, 2.05) is 18.7 Å². The van der Waals surface area contributed by atoms with Gasteiger partial charge in [-0.25, -0.2) is 4.98 Å². The van der Waals surface area contributed by atoms with Gasteiger partial charge in [0, 0.05) is 25.5 Å². The lowest BCUT2D eigenvalue weighted by molar-refractivity contribution is 0.498. The molecular formula is C14H19ClN4. The number of fused-ring (bicyclic) bond motifs is 1. The van der Waals surface area contributed by atoms with Gasteiger partial charge in [-0.1, -0.05) is 11.6 Å². The van der Waals surface area contributed by atoms with Gasteiger partial charge in [-0.2, -0.15) is 0 Å². The third-order valence-corrected chi connectivity index (χ3v) is 4.36. The summed E-state index contributed by atoms with van der Waals surface area (Å²) in [5.74, 6) is 0.985. The molecule has 0 spiro atoms. The Labute approximate surface area is 118 Å². The molecule has 2 aromatic heterocycles. The molecule has 0 amide bonds. The molecule has 102 valence electrons.